The molecule has 1 saturated carbocycles. The summed E-state index contributed by atoms with van der Waals surface area (Å²) in [6, 6.07) is 0. The maximum Gasteiger partial charge on any atom is 0.317 e. The van der Waals surface area contributed by atoms with E-state index in [9.17, 15) is 9.59 Å². The Bertz CT molecular complexity index is 253. The second kappa shape index (κ2) is 8.11. The molecule has 1 fully saturated rings. The summed E-state index contributed by atoms with van der Waals surface area (Å²) >= 11 is 0. The van der Waals surface area contributed by atoms with E-state index >= 15 is 0 Å². The number of aliphatic carboxylic acids is 2. The fourth-order valence-corrected chi connectivity index (χ4v) is 2.79. The van der Waals surface area contributed by atoms with Gasteiger partial charge in [-0.2, -0.15) is 0 Å². The Balaban J connectivity index is 2.26. The molecule has 1 aliphatic rings. The zero-order valence-electron chi connectivity index (χ0n) is 10.9. The van der Waals surface area contributed by atoms with Gasteiger partial charge in [0.15, 0.2) is 5.92 Å². The van der Waals surface area contributed by atoms with Crippen molar-refractivity contribution < 1.29 is 19.8 Å². The Labute approximate surface area is 108 Å². The van der Waals surface area contributed by atoms with Crippen LogP contribution in [0.25, 0.3) is 0 Å². The van der Waals surface area contributed by atoms with Gasteiger partial charge in [-0.15, -0.1) is 0 Å². The van der Waals surface area contributed by atoms with Gasteiger partial charge in [0.1, 0.15) is 0 Å². The van der Waals surface area contributed by atoms with Gasteiger partial charge in [-0.1, -0.05) is 57.8 Å². The van der Waals surface area contributed by atoms with Crippen molar-refractivity contribution in [3.8, 4) is 0 Å². The average Bonchev–Trinajstić information content (AvgIpc) is 2.25. The number of hydrogen-bond acceptors (Lipinski definition) is 2. The molecule has 2 N–H and O–H groups in total. The Hall–Kier alpha value is -1.06. The van der Waals surface area contributed by atoms with Crippen molar-refractivity contribution in [3.63, 3.8) is 0 Å². The summed E-state index contributed by atoms with van der Waals surface area (Å²) in [6.07, 6.45) is 10.9. The highest BCUT2D eigenvalue weighted by atomic mass is 16.4. The molecule has 0 atom stereocenters. The average molecular weight is 256 g/mol. The third-order valence-corrected chi connectivity index (χ3v) is 3.93. The van der Waals surface area contributed by atoms with E-state index in [0.29, 0.717) is 12.3 Å². The summed E-state index contributed by atoms with van der Waals surface area (Å²) in [5.74, 6) is -2.97. The van der Waals surface area contributed by atoms with Crippen LogP contribution in [0.5, 0.6) is 0 Å². The zero-order valence-corrected chi connectivity index (χ0v) is 10.9. The van der Waals surface area contributed by atoms with Gasteiger partial charge in [-0.3, -0.25) is 9.59 Å². The molecule has 0 spiro atoms. The van der Waals surface area contributed by atoms with Crippen LogP contribution >= 0.6 is 0 Å². The van der Waals surface area contributed by atoms with Crippen LogP contribution in [0.1, 0.15) is 64.2 Å². The third-order valence-electron chi connectivity index (χ3n) is 3.93. The molecule has 0 bridgehead atoms. The minimum atomic E-state index is -1.22. The van der Waals surface area contributed by atoms with Gasteiger partial charge in [-0.25, -0.2) is 0 Å². The topological polar surface area (TPSA) is 74.6 Å². The van der Waals surface area contributed by atoms with Gasteiger partial charge in [0.05, 0.1) is 0 Å². The molecule has 1 aliphatic carbocycles. The molecule has 0 amide bonds. The first kappa shape index (κ1) is 15.0. The summed E-state index contributed by atoms with van der Waals surface area (Å²) in [6.45, 7) is 0. The van der Waals surface area contributed by atoms with Crippen molar-refractivity contribution in [2.75, 3.05) is 0 Å². The van der Waals surface area contributed by atoms with Crippen LogP contribution in [0.3, 0.4) is 0 Å². The van der Waals surface area contributed by atoms with Crippen LogP contribution < -0.4 is 0 Å². The monoisotopic (exact) mass is 256 g/mol. The van der Waals surface area contributed by atoms with Crippen LogP contribution in [0.2, 0.25) is 0 Å². The number of carboxylic acids is 2. The number of carbonyl (C=O) groups is 2. The SMILES string of the molecule is O=C(O)C(CCCC1CCCCCCC1)C(=O)O. The highest BCUT2D eigenvalue weighted by molar-refractivity contribution is 5.92. The van der Waals surface area contributed by atoms with Gasteiger partial charge in [0.2, 0.25) is 0 Å². The first-order valence-electron chi connectivity index (χ1n) is 7.07. The van der Waals surface area contributed by atoms with Gasteiger partial charge in [0.25, 0.3) is 0 Å². The maximum atomic E-state index is 10.7. The summed E-state index contributed by atoms with van der Waals surface area (Å²) in [4.78, 5) is 21.5. The predicted molar refractivity (Wildman–Crippen MR) is 68.4 cm³/mol. The minimum absolute atomic E-state index is 0.265. The Morgan fingerprint density at radius 3 is 1.94 bits per heavy atom. The normalized spacial score (nSPS) is 18.3. The highest BCUT2D eigenvalue weighted by Crippen LogP contribution is 2.27. The quantitative estimate of drug-likeness (QED) is 0.715. The lowest BCUT2D eigenvalue weighted by Crippen LogP contribution is -2.23. The van der Waals surface area contributed by atoms with Crippen molar-refractivity contribution in [3.05, 3.63) is 0 Å². The molecule has 0 aromatic heterocycles. The van der Waals surface area contributed by atoms with E-state index in [1.807, 2.05) is 0 Å². The van der Waals surface area contributed by atoms with E-state index in [4.69, 9.17) is 10.2 Å². The first-order valence-corrected chi connectivity index (χ1v) is 7.07. The number of rotatable bonds is 6. The summed E-state index contributed by atoms with van der Waals surface area (Å²) in [5.41, 5.74) is 0. The molecular weight excluding hydrogens is 232 g/mol. The predicted octanol–water partition coefficient (Wildman–Crippen LogP) is 3.30. The molecule has 0 saturated heterocycles. The molecule has 1 rings (SSSR count). The third kappa shape index (κ3) is 5.52. The minimum Gasteiger partial charge on any atom is -0.481 e. The van der Waals surface area contributed by atoms with Gasteiger partial charge in [-0.05, 0) is 12.3 Å². The summed E-state index contributed by atoms with van der Waals surface area (Å²) < 4.78 is 0. The van der Waals surface area contributed by atoms with Crippen LogP contribution in [0.4, 0.5) is 0 Å². The second-order valence-corrected chi connectivity index (χ2v) is 5.37. The fourth-order valence-electron chi connectivity index (χ4n) is 2.79. The van der Waals surface area contributed by atoms with Crippen LogP contribution in [0.15, 0.2) is 0 Å². The van der Waals surface area contributed by atoms with Gasteiger partial charge < -0.3 is 10.2 Å². The molecule has 0 heterocycles. The molecule has 18 heavy (non-hydrogen) atoms. The van der Waals surface area contributed by atoms with Crippen molar-refractivity contribution >= 4 is 11.9 Å². The number of hydrogen-bond donors (Lipinski definition) is 2. The Kier molecular flexibility index (Phi) is 6.76. The molecule has 0 radical (unpaired) electrons. The second-order valence-electron chi connectivity index (χ2n) is 5.37. The van der Waals surface area contributed by atoms with Gasteiger partial charge in [0, 0.05) is 0 Å². The zero-order chi connectivity index (χ0) is 13.4. The molecule has 0 aromatic rings. The van der Waals surface area contributed by atoms with Gasteiger partial charge >= 0.3 is 11.9 Å². The standard InChI is InChI=1S/C14H24O4/c15-13(16)12(14(17)18)10-6-9-11-7-4-2-1-3-5-8-11/h11-12H,1-10H2,(H,15,16)(H,17,18). The Morgan fingerprint density at radius 2 is 1.44 bits per heavy atom. The summed E-state index contributed by atoms with van der Waals surface area (Å²) in [7, 11) is 0. The molecule has 4 heteroatoms. The van der Waals surface area contributed by atoms with Crippen molar-refractivity contribution in [1.29, 1.82) is 0 Å². The van der Waals surface area contributed by atoms with Crippen molar-refractivity contribution in [2.45, 2.75) is 64.2 Å². The van der Waals surface area contributed by atoms with Crippen molar-refractivity contribution in [1.82, 2.24) is 0 Å². The van der Waals surface area contributed by atoms with E-state index < -0.39 is 17.9 Å². The van der Waals surface area contributed by atoms with Crippen LogP contribution in [-0.2, 0) is 9.59 Å². The highest BCUT2D eigenvalue weighted by Gasteiger charge is 2.25. The molecule has 0 aliphatic heterocycles. The summed E-state index contributed by atoms with van der Waals surface area (Å²) in [5, 5.41) is 17.6. The Morgan fingerprint density at radius 1 is 0.944 bits per heavy atom. The van der Waals surface area contributed by atoms with E-state index in [2.05, 4.69) is 0 Å². The lowest BCUT2D eigenvalue weighted by atomic mass is 9.86. The lowest BCUT2D eigenvalue weighted by Gasteiger charge is -2.19. The molecular formula is C14H24O4. The molecule has 0 unspecified atom stereocenters. The van der Waals surface area contributed by atoms with E-state index in [1.54, 1.807) is 0 Å². The van der Waals surface area contributed by atoms with E-state index in [1.165, 1.54) is 44.9 Å². The number of carboxylic acid groups (broad SMARTS) is 2. The molecule has 0 aromatic carbocycles. The fraction of sp³-hybridized carbons (Fsp3) is 0.857. The maximum absolute atomic E-state index is 10.7. The smallest absolute Gasteiger partial charge is 0.317 e. The van der Waals surface area contributed by atoms with Crippen molar-refractivity contribution in [2.24, 2.45) is 11.8 Å². The van der Waals surface area contributed by atoms with Crippen LogP contribution in [-0.4, -0.2) is 22.2 Å². The largest absolute Gasteiger partial charge is 0.481 e. The molecule has 104 valence electrons. The van der Waals surface area contributed by atoms with E-state index in [-0.39, 0.29) is 6.42 Å². The molecule has 4 nitrogen and oxygen atoms in total. The first-order chi connectivity index (χ1) is 8.61. The lowest BCUT2D eigenvalue weighted by molar-refractivity contribution is -0.154. The van der Waals surface area contributed by atoms with E-state index in [0.717, 1.165) is 6.42 Å². The van der Waals surface area contributed by atoms with Crippen LogP contribution in [0, 0.1) is 11.8 Å².